The Labute approximate surface area is 134 Å². The molecule has 24 heavy (non-hydrogen) atoms. The molecule has 0 saturated carbocycles. The molecule has 0 saturated heterocycles. The van der Waals surface area contributed by atoms with E-state index >= 15 is 0 Å². The van der Waals surface area contributed by atoms with Gasteiger partial charge in [-0.15, -0.1) is 0 Å². The molecule has 3 heterocycles. The van der Waals surface area contributed by atoms with Gasteiger partial charge in [0.25, 0.3) is 5.88 Å². The Morgan fingerprint density at radius 2 is 1.92 bits per heavy atom. The molecule has 0 amide bonds. The highest BCUT2D eigenvalue weighted by Crippen LogP contribution is 2.28. The van der Waals surface area contributed by atoms with E-state index in [1.165, 1.54) is 6.20 Å². The van der Waals surface area contributed by atoms with Gasteiger partial charge in [-0.2, -0.15) is 18.3 Å². The van der Waals surface area contributed by atoms with Crippen LogP contribution in [0.4, 0.5) is 17.6 Å². The lowest BCUT2D eigenvalue weighted by atomic mass is 10.1. The Morgan fingerprint density at radius 3 is 2.58 bits per heavy atom. The Kier molecular flexibility index (Phi) is 3.90. The normalized spacial score (nSPS) is 13.2. The highest BCUT2D eigenvalue weighted by atomic mass is 19.4. The van der Waals surface area contributed by atoms with Gasteiger partial charge in [-0.25, -0.2) is 13.9 Å². The van der Waals surface area contributed by atoms with Crippen molar-refractivity contribution >= 4 is 5.52 Å². The van der Waals surface area contributed by atoms with Crippen molar-refractivity contribution in [3.63, 3.8) is 0 Å². The highest BCUT2D eigenvalue weighted by Gasteiger charge is 2.38. The van der Waals surface area contributed by atoms with Crippen LogP contribution in [-0.2, 0) is 0 Å². The average molecular weight is 339 g/mol. The molecule has 4 nitrogen and oxygen atoms in total. The smallest absolute Gasteiger partial charge is 0.425 e. The maximum atomic E-state index is 14.0. The first-order chi connectivity index (χ1) is 11.3. The van der Waals surface area contributed by atoms with Crippen LogP contribution < -0.4 is 4.74 Å². The SMILES string of the molecule is Cc1cnn2ccc(-c3cnc(O[C@H](C)C(F)(F)F)c(F)c3)cc12. The molecule has 0 fully saturated rings. The van der Waals surface area contributed by atoms with Crippen molar-refractivity contribution in [2.75, 3.05) is 0 Å². The summed E-state index contributed by atoms with van der Waals surface area (Å²) in [6.07, 6.45) is -2.04. The Hall–Kier alpha value is -2.64. The topological polar surface area (TPSA) is 39.4 Å². The van der Waals surface area contributed by atoms with Crippen molar-refractivity contribution in [3.05, 3.63) is 48.2 Å². The van der Waals surface area contributed by atoms with E-state index in [9.17, 15) is 17.6 Å². The number of ether oxygens (including phenoxy) is 1. The molecule has 0 aromatic carbocycles. The van der Waals surface area contributed by atoms with Crippen LogP contribution in [0.5, 0.6) is 5.88 Å². The van der Waals surface area contributed by atoms with Gasteiger partial charge in [0.2, 0.25) is 0 Å². The van der Waals surface area contributed by atoms with Gasteiger partial charge >= 0.3 is 6.18 Å². The van der Waals surface area contributed by atoms with Crippen LogP contribution in [0.1, 0.15) is 12.5 Å². The number of nitrogens with zero attached hydrogens (tertiary/aromatic N) is 3. The third-order valence-electron chi connectivity index (χ3n) is 3.60. The fraction of sp³-hybridized carbons (Fsp3) is 0.250. The minimum absolute atomic E-state index is 0.433. The van der Waals surface area contributed by atoms with Gasteiger partial charge < -0.3 is 4.74 Å². The quantitative estimate of drug-likeness (QED) is 0.672. The van der Waals surface area contributed by atoms with Gasteiger partial charge in [0.05, 0.1) is 11.7 Å². The summed E-state index contributed by atoms with van der Waals surface area (Å²) in [5.41, 5.74) is 2.90. The summed E-state index contributed by atoms with van der Waals surface area (Å²) in [5, 5.41) is 4.14. The minimum atomic E-state index is -4.59. The lowest BCUT2D eigenvalue weighted by Gasteiger charge is -2.17. The first kappa shape index (κ1) is 16.2. The number of rotatable bonds is 3. The van der Waals surface area contributed by atoms with E-state index in [0.29, 0.717) is 11.1 Å². The second-order valence-corrected chi connectivity index (χ2v) is 5.39. The van der Waals surface area contributed by atoms with Gasteiger partial charge in [-0.05, 0) is 43.2 Å². The molecular formula is C16H13F4N3O. The standard InChI is InChI=1S/C16H13F4N3O/c1-9-7-22-23-4-3-11(6-14(9)23)12-5-13(17)15(21-8-12)24-10(2)16(18,19)20/h3-8,10H,1-2H3/t10-/m1/s1. The molecule has 3 rings (SSSR count). The number of hydrogen-bond acceptors (Lipinski definition) is 3. The van der Waals surface area contributed by atoms with Crippen molar-refractivity contribution in [3.8, 4) is 17.0 Å². The zero-order valence-electron chi connectivity index (χ0n) is 12.8. The van der Waals surface area contributed by atoms with Crippen molar-refractivity contribution in [2.45, 2.75) is 26.1 Å². The molecule has 0 N–H and O–H groups in total. The third kappa shape index (κ3) is 3.04. The second kappa shape index (κ2) is 5.77. The second-order valence-electron chi connectivity index (χ2n) is 5.39. The zero-order valence-corrected chi connectivity index (χ0v) is 12.8. The summed E-state index contributed by atoms with van der Waals surface area (Å²) >= 11 is 0. The number of halogens is 4. The maximum Gasteiger partial charge on any atom is 0.425 e. The van der Waals surface area contributed by atoms with Gasteiger partial charge in [0, 0.05) is 18.0 Å². The molecule has 1 atom stereocenters. The fourth-order valence-electron chi connectivity index (χ4n) is 2.19. The number of pyridine rings is 2. The summed E-state index contributed by atoms with van der Waals surface area (Å²) in [4.78, 5) is 3.68. The largest absolute Gasteiger partial charge is 0.463 e. The summed E-state index contributed by atoms with van der Waals surface area (Å²) in [6, 6.07) is 4.62. The van der Waals surface area contributed by atoms with Crippen molar-refractivity contribution in [1.82, 2.24) is 14.6 Å². The van der Waals surface area contributed by atoms with Gasteiger partial charge in [-0.1, -0.05) is 0 Å². The van der Waals surface area contributed by atoms with E-state index in [1.807, 2.05) is 6.92 Å². The molecule has 0 radical (unpaired) electrons. The average Bonchev–Trinajstić information content (AvgIpc) is 2.89. The number of alkyl halides is 3. The molecule has 0 aliphatic rings. The van der Waals surface area contributed by atoms with E-state index in [-0.39, 0.29) is 0 Å². The molecule has 0 bridgehead atoms. The van der Waals surface area contributed by atoms with Crippen molar-refractivity contribution in [1.29, 1.82) is 0 Å². The summed E-state index contributed by atoms with van der Waals surface area (Å²) in [7, 11) is 0. The van der Waals surface area contributed by atoms with Gasteiger partial charge in [0.15, 0.2) is 11.9 Å². The van der Waals surface area contributed by atoms with Crippen LogP contribution in [0.25, 0.3) is 16.6 Å². The Balaban J connectivity index is 1.92. The first-order valence-electron chi connectivity index (χ1n) is 7.09. The predicted molar refractivity (Wildman–Crippen MR) is 79.3 cm³/mol. The molecule has 0 aliphatic heterocycles. The van der Waals surface area contributed by atoms with Crippen molar-refractivity contribution < 1.29 is 22.3 Å². The summed E-state index contributed by atoms with van der Waals surface area (Å²) in [6.45, 7) is 2.69. The number of hydrogen-bond donors (Lipinski definition) is 0. The number of aromatic nitrogens is 3. The monoisotopic (exact) mass is 339 g/mol. The van der Waals surface area contributed by atoms with Crippen LogP contribution in [0.3, 0.4) is 0 Å². The molecule has 0 aliphatic carbocycles. The first-order valence-corrected chi connectivity index (χ1v) is 7.09. The molecule has 126 valence electrons. The van der Waals surface area contributed by atoms with E-state index in [2.05, 4.69) is 14.8 Å². The van der Waals surface area contributed by atoms with Crippen LogP contribution in [0.15, 0.2) is 36.8 Å². The zero-order chi connectivity index (χ0) is 17.5. The lowest BCUT2D eigenvalue weighted by molar-refractivity contribution is -0.190. The lowest BCUT2D eigenvalue weighted by Crippen LogP contribution is -2.31. The Bertz CT molecular complexity index is 889. The number of fused-ring (bicyclic) bond motifs is 1. The maximum absolute atomic E-state index is 14.0. The summed E-state index contributed by atoms with van der Waals surface area (Å²) in [5.74, 6) is -1.63. The van der Waals surface area contributed by atoms with Crippen LogP contribution in [0.2, 0.25) is 0 Å². The van der Waals surface area contributed by atoms with Crippen LogP contribution in [0, 0.1) is 12.7 Å². The fourth-order valence-corrected chi connectivity index (χ4v) is 2.19. The molecular weight excluding hydrogens is 326 g/mol. The van der Waals surface area contributed by atoms with E-state index in [0.717, 1.165) is 24.1 Å². The van der Waals surface area contributed by atoms with E-state index < -0.39 is 24.0 Å². The van der Waals surface area contributed by atoms with Crippen LogP contribution in [-0.4, -0.2) is 26.9 Å². The molecule has 0 spiro atoms. The molecule has 8 heteroatoms. The molecule has 0 unspecified atom stereocenters. The molecule has 3 aromatic heterocycles. The Morgan fingerprint density at radius 1 is 1.17 bits per heavy atom. The van der Waals surface area contributed by atoms with Crippen molar-refractivity contribution in [2.24, 2.45) is 0 Å². The molecule has 3 aromatic rings. The third-order valence-corrected chi connectivity index (χ3v) is 3.60. The van der Waals surface area contributed by atoms with E-state index in [1.54, 1.807) is 29.0 Å². The highest BCUT2D eigenvalue weighted by molar-refractivity contribution is 5.70. The van der Waals surface area contributed by atoms with E-state index in [4.69, 9.17) is 0 Å². The van der Waals surface area contributed by atoms with Gasteiger partial charge in [-0.3, -0.25) is 0 Å². The minimum Gasteiger partial charge on any atom is -0.463 e. The summed E-state index contributed by atoms with van der Waals surface area (Å²) < 4.78 is 57.7. The number of aryl methyl sites for hydroxylation is 1. The predicted octanol–water partition coefficient (Wildman–Crippen LogP) is 4.17. The van der Waals surface area contributed by atoms with Gasteiger partial charge in [0.1, 0.15) is 0 Å². The van der Waals surface area contributed by atoms with Crippen LogP contribution >= 0.6 is 0 Å².